The molecule has 0 radical (unpaired) electrons. The molecule has 5 rings (SSSR count). The zero-order chi connectivity index (χ0) is 28.0. The molecule has 1 aliphatic carbocycles. The maximum Gasteiger partial charge on any atom is 0.118 e. The van der Waals surface area contributed by atoms with Gasteiger partial charge in [-0.25, -0.2) is 0 Å². The summed E-state index contributed by atoms with van der Waals surface area (Å²) in [4.78, 5) is 0. The minimum absolute atomic E-state index is 0.485. The second-order valence-corrected chi connectivity index (χ2v) is 12.8. The first-order valence-electron chi connectivity index (χ1n) is 13.6. The van der Waals surface area contributed by atoms with Crippen molar-refractivity contribution in [2.75, 3.05) is 56.5 Å². The lowest BCUT2D eigenvalue weighted by Gasteiger charge is -2.38. The van der Waals surface area contributed by atoms with E-state index in [-0.39, 0.29) is 0 Å². The Bertz CT molecular complexity index is 1360. The first-order chi connectivity index (χ1) is 18.5. The molecule has 0 aliphatic heterocycles. The van der Waals surface area contributed by atoms with Crippen molar-refractivity contribution < 1.29 is 18.4 Å². The van der Waals surface area contributed by atoms with Crippen molar-refractivity contribution in [2.45, 2.75) is 18.5 Å². The highest BCUT2D eigenvalue weighted by molar-refractivity contribution is 5.88. The fraction of sp³-hybridized carbons (Fsp3) is 0.314. The maximum atomic E-state index is 5.60. The molecule has 0 bridgehead atoms. The minimum Gasteiger partial charge on any atom is -0.497 e. The van der Waals surface area contributed by atoms with E-state index in [0.717, 1.165) is 33.6 Å². The SMILES string of the molecule is COc1ccc(C2(c3ccc(OC)cc3)c3c(C[N+](C)(C)C)cccc3-c3cccc(C[N+](C)(C)C)c32)cc1. The Labute approximate surface area is 234 Å². The molecule has 4 nitrogen and oxygen atoms in total. The van der Waals surface area contributed by atoms with Crippen molar-refractivity contribution >= 4 is 0 Å². The number of benzene rings is 4. The van der Waals surface area contributed by atoms with Gasteiger partial charge in [0, 0.05) is 11.1 Å². The first-order valence-corrected chi connectivity index (χ1v) is 13.6. The van der Waals surface area contributed by atoms with Crippen LogP contribution in [0.15, 0.2) is 84.9 Å². The van der Waals surface area contributed by atoms with E-state index in [2.05, 4.69) is 127 Å². The zero-order valence-electron chi connectivity index (χ0n) is 24.7. The van der Waals surface area contributed by atoms with Gasteiger partial charge in [-0.2, -0.15) is 0 Å². The van der Waals surface area contributed by atoms with Gasteiger partial charge in [-0.3, -0.25) is 0 Å². The first kappa shape index (κ1) is 27.0. The predicted molar refractivity (Wildman–Crippen MR) is 160 cm³/mol. The van der Waals surface area contributed by atoms with Crippen molar-refractivity contribution in [1.29, 1.82) is 0 Å². The summed E-state index contributed by atoms with van der Waals surface area (Å²) in [7, 11) is 17.1. The predicted octanol–water partition coefficient (Wildman–Crippen LogP) is 6.48. The maximum absolute atomic E-state index is 5.60. The monoisotopic (exact) mass is 522 g/mol. The Morgan fingerprint density at radius 1 is 0.513 bits per heavy atom. The van der Waals surface area contributed by atoms with E-state index in [1.54, 1.807) is 14.2 Å². The third kappa shape index (κ3) is 4.84. The third-order valence-electron chi connectivity index (χ3n) is 7.68. The van der Waals surface area contributed by atoms with Crippen molar-refractivity contribution in [1.82, 2.24) is 0 Å². The molecule has 0 saturated heterocycles. The number of quaternary nitrogens is 2. The summed E-state index contributed by atoms with van der Waals surface area (Å²) in [5.74, 6) is 1.72. The second kappa shape index (κ2) is 9.86. The van der Waals surface area contributed by atoms with Gasteiger partial charge in [-0.1, -0.05) is 60.7 Å². The van der Waals surface area contributed by atoms with Gasteiger partial charge >= 0.3 is 0 Å². The molecule has 4 heteroatoms. The summed E-state index contributed by atoms with van der Waals surface area (Å²) in [5, 5.41) is 0. The van der Waals surface area contributed by atoms with Crippen LogP contribution in [0, 0.1) is 0 Å². The smallest absolute Gasteiger partial charge is 0.118 e. The third-order valence-corrected chi connectivity index (χ3v) is 7.68. The fourth-order valence-corrected chi connectivity index (χ4v) is 6.37. The molecule has 0 spiro atoms. The molecule has 0 fully saturated rings. The van der Waals surface area contributed by atoms with Gasteiger partial charge in [0.15, 0.2) is 0 Å². The van der Waals surface area contributed by atoms with E-state index < -0.39 is 5.41 Å². The van der Waals surface area contributed by atoms with E-state index in [9.17, 15) is 0 Å². The van der Waals surface area contributed by atoms with Crippen molar-refractivity contribution in [3.05, 3.63) is 118 Å². The lowest BCUT2D eigenvalue weighted by atomic mass is 9.65. The topological polar surface area (TPSA) is 18.5 Å². The average Bonchev–Trinajstić information content (AvgIpc) is 3.20. The van der Waals surface area contributed by atoms with Crippen LogP contribution in [0.25, 0.3) is 11.1 Å². The summed E-state index contributed by atoms with van der Waals surface area (Å²) >= 11 is 0. The highest BCUT2D eigenvalue weighted by atomic mass is 16.5. The molecule has 0 N–H and O–H groups in total. The van der Waals surface area contributed by atoms with E-state index in [1.165, 1.54) is 44.5 Å². The average molecular weight is 523 g/mol. The molecular weight excluding hydrogens is 480 g/mol. The van der Waals surface area contributed by atoms with Crippen LogP contribution in [-0.2, 0) is 18.5 Å². The summed E-state index contributed by atoms with van der Waals surface area (Å²) < 4.78 is 12.9. The Balaban J connectivity index is 1.96. The quantitative estimate of drug-likeness (QED) is 0.217. The largest absolute Gasteiger partial charge is 0.497 e. The molecule has 0 atom stereocenters. The molecule has 0 heterocycles. The van der Waals surface area contributed by atoms with E-state index in [4.69, 9.17) is 9.47 Å². The molecule has 4 aromatic carbocycles. The number of ether oxygens (including phenoxy) is 2. The molecule has 0 saturated carbocycles. The second-order valence-electron chi connectivity index (χ2n) is 12.8. The lowest BCUT2D eigenvalue weighted by molar-refractivity contribution is -0.884. The lowest BCUT2D eigenvalue weighted by Crippen LogP contribution is -2.38. The molecule has 4 aromatic rings. The number of fused-ring (bicyclic) bond motifs is 3. The molecule has 202 valence electrons. The zero-order valence-corrected chi connectivity index (χ0v) is 24.7. The Kier molecular flexibility index (Phi) is 6.82. The van der Waals surface area contributed by atoms with E-state index >= 15 is 0 Å². The van der Waals surface area contributed by atoms with Crippen LogP contribution in [0.2, 0.25) is 0 Å². The fourth-order valence-electron chi connectivity index (χ4n) is 6.37. The normalized spacial score (nSPS) is 14.1. The molecular formula is C35H42N2O2+2. The van der Waals surface area contributed by atoms with Gasteiger partial charge in [-0.05, 0) is 57.6 Å². The van der Waals surface area contributed by atoms with Crippen molar-refractivity contribution in [2.24, 2.45) is 0 Å². The Hall–Kier alpha value is -3.60. The van der Waals surface area contributed by atoms with Crippen LogP contribution in [0.4, 0.5) is 0 Å². The molecule has 0 amide bonds. The number of hydrogen-bond donors (Lipinski definition) is 0. The van der Waals surface area contributed by atoms with Crippen LogP contribution < -0.4 is 9.47 Å². The van der Waals surface area contributed by atoms with Gasteiger partial charge in [0.25, 0.3) is 0 Å². The number of methoxy groups -OCH3 is 2. The van der Waals surface area contributed by atoms with Crippen LogP contribution in [-0.4, -0.2) is 65.5 Å². The highest BCUT2D eigenvalue weighted by Crippen LogP contribution is 2.58. The van der Waals surface area contributed by atoms with Crippen LogP contribution in [0.1, 0.15) is 33.4 Å². The molecule has 1 aliphatic rings. The van der Waals surface area contributed by atoms with Crippen molar-refractivity contribution in [3.8, 4) is 22.6 Å². The number of rotatable bonds is 8. The van der Waals surface area contributed by atoms with E-state index in [0.29, 0.717) is 0 Å². The van der Waals surface area contributed by atoms with E-state index in [1.807, 2.05) is 0 Å². The minimum atomic E-state index is -0.485. The van der Waals surface area contributed by atoms with Gasteiger partial charge in [0.2, 0.25) is 0 Å². The summed E-state index contributed by atoms with van der Waals surface area (Å²) in [6.07, 6.45) is 0. The molecule has 0 unspecified atom stereocenters. The van der Waals surface area contributed by atoms with Crippen LogP contribution >= 0.6 is 0 Å². The number of nitrogens with zero attached hydrogens (tertiary/aromatic N) is 2. The van der Waals surface area contributed by atoms with Gasteiger partial charge in [0.05, 0.1) is 61.9 Å². The highest BCUT2D eigenvalue weighted by Gasteiger charge is 2.49. The number of hydrogen-bond acceptors (Lipinski definition) is 2. The Morgan fingerprint density at radius 3 is 1.18 bits per heavy atom. The van der Waals surface area contributed by atoms with Crippen molar-refractivity contribution in [3.63, 3.8) is 0 Å². The van der Waals surface area contributed by atoms with Gasteiger partial charge in [0.1, 0.15) is 24.6 Å². The molecule has 0 aromatic heterocycles. The van der Waals surface area contributed by atoms with Gasteiger partial charge < -0.3 is 18.4 Å². The summed E-state index contributed by atoms with van der Waals surface area (Å²) in [6.45, 7) is 1.85. The van der Waals surface area contributed by atoms with Crippen LogP contribution in [0.3, 0.4) is 0 Å². The summed E-state index contributed by atoms with van der Waals surface area (Å²) in [5.41, 5.74) is 10.2. The standard InChI is InChI=1S/C35H42N2O2/c1-36(2,3)23-25-11-9-13-31-32-14-10-12-26(24-37(4,5)6)34(32)35(33(25)31,27-15-19-29(38-7)20-16-27)28-17-21-30(39-8)22-18-28/h9-22H,23-24H2,1-8H3/q+2. The summed E-state index contributed by atoms with van der Waals surface area (Å²) in [6, 6.07) is 31.2. The molecule has 39 heavy (non-hydrogen) atoms. The Morgan fingerprint density at radius 2 is 0.872 bits per heavy atom. The van der Waals surface area contributed by atoms with Gasteiger partial charge in [-0.15, -0.1) is 0 Å². The van der Waals surface area contributed by atoms with Crippen LogP contribution in [0.5, 0.6) is 11.5 Å².